The molecular weight excluding hydrogens is 310 g/mol. The topological polar surface area (TPSA) is 93.8 Å². The molecule has 0 heterocycles. The summed E-state index contributed by atoms with van der Waals surface area (Å²) >= 11 is 0. The Balaban J connectivity index is 1.86. The van der Waals surface area contributed by atoms with E-state index in [-0.39, 0.29) is 12.3 Å². The molecule has 0 bridgehead atoms. The molecule has 0 aromatic heterocycles. The van der Waals surface area contributed by atoms with Crippen molar-refractivity contribution in [1.29, 1.82) is 0 Å². The lowest BCUT2D eigenvalue weighted by Crippen LogP contribution is -2.24. The first-order valence-electron chi connectivity index (χ1n) is 7.22. The maximum absolute atomic E-state index is 11.7. The molecule has 2 rings (SSSR count). The number of nitrogens with one attached hydrogen (secondary N) is 1. The smallest absolute Gasteiger partial charge is 0.277 e. The van der Waals surface area contributed by atoms with Gasteiger partial charge in [0.05, 0.1) is 11.1 Å². The second kappa shape index (κ2) is 7.87. The van der Waals surface area contributed by atoms with Crippen LogP contribution in [0, 0.1) is 24.0 Å². The number of hydrogen-bond acceptors (Lipinski definition) is 5. The first-order valence-corrected chi connectivity index (χ1v) is 7.22. The van der Waals surface area contributed by atoms with Crippen LogP contribution in [0.3, 0.4) is 0 Å². The molecule has 2 aromatic rings. The Kier molecular flexibility index (Phi) is 5.62. The Morgan fingerprint density at radius 1 is 1.29 bits per heavy atom. The van der Waals surface area contributed by atoms with Crippen LogP contribution in [0.1, 0.15) is 16.7 Å². The van der Waals surface area contributed by atoms with Crippen molar-refractivity contribution in [2.75, 3.05) is 6.61 Å². The van der Waals surface area contributed by atoms with Crippen LogP contribution < -0.4 is 10.2 Å². The predicted molar refractivity (Wildman–Crippen MR) is 90.2 cm³/mol. The van der Waals surface area contributed by atoms with Crippen LogP contribution >= 0.6 is 0 Å². The first kappa shape index (κ1) is 17.1. The zero-order valence-corrected chi connectivity index (χ0v) is 13.4. The fourth-order valence-corrected chi connectivity index (χ4v) is 2.03. The van der Waals surface area contributed by atoms with Gasteiger partial charge < -0.3 is 4.74 Å². The molecule has 0 aliphatic carbocycles. The van der Waals surface area contributed by atoms with Crippen molar-refractivity contribution in [2.45, 2.75) is 13.8 Å². The van der Waals surface area contributed by atoms with Gasteiger partial charge in [-0.05, 0) is 25.5 Å². The summed E-state index contributed by atoms with van der Waals surface area (Å²) in [6, 6.07) is 11.6. The van der Waals surface area contributed by atoms with Crippen molar-refractivity contribution in [1.82, 2.24) is 5.43 Å². The van der Waals surface area contributed by atoms with Crippen molar-refractivity contribution >= 4 is 17.8 Å². The molecule has 0 saturated carbocycles. The zero-order valence-electron chi connectivity index (χ0n) is 13.4. The Bertz CT molecular complexity index is 787. The number of rotatable bonds is 6. The van der Waals surface area contributed by atoms with E-state index >= 15 is 0 Å². The summed E-state index contributed by atoms with van der Waals surface area (Å²) in [7, 11) is 0. The molecule has 0 fully saturated rings. The normalized spacial score (nSPS) is 10.6. The number of amides is 1. The van der Waals surface area contributed by atoms with Crippen molar-refractivity contribution in [3.05, 3.63) is 69.3 Å². The number of non-ortho nitro benzene ring substituents is 1. The second-order valence-electron chi connectivity index (χ2n) is 5.20. The summed E-state index contributed by atoms with van der Waals surface area (Å²) < 4.78 is 5.43. The van der Waals surface area contributed by atoms with E-state index in [1.165, 1.54) is 18.3 Å². The van der Waals surface area contributed by atoms with Crippen LogP contribution in [-0.4, -0.2) is 23.7 Å². The van der Waals surface area contributed by atoms with Gasteiger partial charge in [0.15, 0.2) is 6.61 Å². The summed E-state index contributed by atoms with van der Waals surface area (Å²) in [5.74, 6) is 0.218. The van der Waals surface area contributed by atoms with Crippen LogP contribution in [0.5, 0.6) is 5.75 Å². The predicted octanol–water partition coefficient (Wildman–Crippen LogP) is 2.74. The average molecular weight is 327 g/mol. The zero-order chi connectivity index (χ0) is 17.5. The van der Waals surface area contributed by atoms with E-state index in [2.05, 4.69) is 10.5 Å². The second-order valence-corrected chi connectivity index (χ2v) is 5.20. The van der Waals surface area contributed by atoms with E-state index in [4.69, 9.17) is 4.74 Å². The van der Waals surface area contributed by atoms with Gasteiger partial charge in [-0.15, -0.1) is 0 Å². The van der Waals surface area contributed by atoms with E-state index < -0.39 is 10.8 Å². The highest BCUT2D eigenvalue weighted by molar-refractivity contribution is 5.83. The van der Waals surface area contributed by atoms with Gasteiger partial charge >= 0.3 is 0 Å². The van der Waals surface area contributed by atoms with Gasteiger partial charge in [-0.2, -0.15) is 5.10 Å². The van der Waals surface area contributed by atoms with Crippen LogP contribution in [0.4, 0.5) is 5.69 Å². The number of aryl methyl sites for hydroxylation is 2. The van der Waals surface area contributed by atoms with Gasteiger partial charge in [0.2, 0.25) is 0 Å². The molecule has 2 aromatic carbocycles. The highest BCUT2D eigenvalue weighted by Gasteiger charge is 2.05. The molecule has 1 N–H and O–H groups in total. The maximum Gasteiger partial charge on any atom is 0.277 e. The Morgan fingerprint density at radius 3 is 2.79 bits per heavy atom. The highest BCUT2D eigenvalue weighted by Crippen LogP contribution is 2.18. The first-order chi connectivity index (χ1) is 11.5. The van der Waals surface area contributed by atoms with Crippen molar-refractivity contribution in [3.8, 4) is 5.75 Å². The monoisotopic (exact) mass is 327 g/mol. The minimum atomic E-state index is -0.492. The molecule has 0 aliphatic rings. The number of carbonyl (C=O) groups excluding carboxylic acids is 1. The lowest BCUT2D eigenvalue weighted by molar-refractivity contribution is -0.384. The molecule has 7 nitrogen and oxygen atoms in total. The van der Waals surface area contributed by atoms with E-state index in [1.54, 1.807) is 12.1 Å². The Labute approximate surface area is 139 Å². The fourth-order valence-electron chi connectivity index (χ4n) is 2.03. The van der Waals surface area contributed by atoms with E-state index in [0.29, 0.717) is 11.3 Å². The van der Waals surface area contributed by atoms with Crippen LogP contribution in [0.15, 0.2) is 47.6 Å². The summed E-state index contributed by atoms with van der Waals surface area (Å²) in [5, 5.41) is 14.4. The van der Waals surface area contributed by atoms with Crippen molar-refractivity contribution in [3.63, 3.8) is 0 Å². The maximum atomic E-state index is 11.7. The van der Waals surface area contributed by atoms with E-state index in [9.17, 15) is 14.9 Å². The van der Waals surface area contributed by atoms with Gasteiger partial charge in [-0.3, -0.25) is 14.9 Å². The molecule has 0 unspecified atom stereocenters. The fraction of sp³-hybridized carbons (Fsp3) is 0.176. The molecule has 0 aliphatic heterocycles. The Hall–Kier alpha value is -3.22. The average Bonchev–Trinajstić information content (AvgIpc) is 2.54. The number of nitro groups is 1. The molecule has 0 atom stereocenters. The number of nitro benzene ring substituents is 1. The molecule has 0 saturated heterocycles. The van der Waals surface area contributed by atoms with Crippen LogP contribution in [0.25, 0.3) is 0 Å². The number of carbonyl (C=O) groups is 1. The molecular formula is C17H17N3O4. The van der Waals surface area contributed by atoms with Crippen molar-refractivity contribution in [2.24, 2.45) is 5.10 Å². The van der Waals surface area contributed by atoms with E-state index in [0.717, 1.165) is 11.1 Å². The highest BCUT2D eigenvalue weighted by atomic mass is 16.6. The number of benzene rings is 2. The molecule has 7 heteroatoms. The molecule has 124 valence electrons. The molecule has 0 radical (unpaired) electrons. The lowest BCUT2D eigenvalue weighted by atomic mass is 10.1. The summed E-state index contributed by atoms with van der Waals surface area (Å²) in [4.78, 5) is 21.9. The summed E-state index contributed by atoms with van der Waals surface area (Å²) in [6.45, 7) is 3.71. The summed E-state index contributed by atoms with van der Waals surface area (Å²) in [5.41, 5.74) is 4.86. The third-order valence-electron chi connectivity index (χ3n) is 3.17. The van der Waals surface area contributed by atoms with Crippen LogP contribution in [-0.2, 0) is 4.79 Å². The largest absolute Gasteiger partial charge is 0.483 e. The van der Waals surface area contributed by atoms with Gasteiger partial charge in [0, 0.05) is 17.7 Å². The summed E-state index contributed by atoms with van der Waals surface area (Å²) in [6.07, 6.45) is 1.34. The molecule has 24 heavy (non-hydrogen) atoms. The van der Waals surface area contributed by atoms with E-state index in [1.807, 2.05) is 32.0 Å². The standard InChI is InChI=1S/C17H17N3O4/c1-12-6-7-16(13(2)8-12)24-11-17(21)19-18-10-14-4-3-5-15(9-14)20(22)23/h3-10H,11H2,1-2H3,(H,19,21)/b18-10-. The quantitative estimate of drug-likeness (QED) is 0.501. The number of hydrazone groups is 1. The van der Waals surface area contributed by atoms with Gasteiger partial charge in [0.1, 0.15) is 5.75 Å². The minimum absolute atomic E-state index is 0.0385. The third-order valence-corrected chi connectivity index (χ3v) is 3.17. The third kappa shape index (κ3) is 4.91. The SMILES string of the molecule is Cc1ccc(OCC(=O)N/N=C\c2cccc([N+](=O)[O-])c2)c(C)c1. The Morgan fingerprint density at radius 2 is 2.08 bits per heavy atom. The number of hydrogen-bond donors (Lipinski definition) is 1. The van der Waals surface area contributed by atoms with Crippen molar-refractivity contribution < 1.29 is 14.5 Å². The molecule has 1 amide bonds. The lowest BCUT2D eigenvalue weighted by Gasteiger charge is -2.08. The molecule has 0 spiro atoms. The van der Waals surface area contributed by atoms with Gasteiger partial charge in [-0.1, -0.05) is 29.8 Å². The minimum Gasteiger partial charge on any atom is -0.483 e. The number of nitrogens with zero attached hydrogens (tertiary/aromatic N) is 2. The van der Waals surface area contributed by atoms with Crippen LogP contribution in [0.2, 0.25) is 0 Å². The van der Waals surface area contributed by atoms with Gasteiger partial charge in [-0.25, -0.2) is 5.43 Å². The van der Waals surface area contributed by atoms with Gasteiger partial charge in [0.25, 0.3) is 11.6 Å². The number of ether oxygens (including phenoxy) is 1.